The van der Waals surface area contributed by atoms with Crippen LogP contribution in [0.15, 0.2) is 60.8 Å². The topological polar surface area (TPSA) is 83.2 Å². The average Bonchev–Trinajstić information content (AvgIpc) is 3.31. The third-order valence-corrected chi connectivity index (χ3v) is 6.35. The number of carbonyl (C=O) groups excluding carboxylic acids is 1. The summed E-state index contributed by atoms with van der Waals surface area (Å²) < 4.78 is 47.6. The third kappa shape index (κ3) is 5.08. The van der Waals surface area contributed by atoms with Crippen molar-refractivity contribution in [2.75, 3.05) is 33.3 Å². The third-order valence-electron chi connectivity index (χ3n) is 6.35. The van der Waals surface area contributed by atoms with Crippen molar-refractivity contribution in [1.82, 2.24) is 24.4 Å². The second kappa shape index (κ2) is 9.74. The number of aromatic nitrogens is 3. The molecule has 1 aliphatic rings. The number of piperazine rings is 1. The Bertz CT molecular complexity index is 1430. The first-order valence-corrected chi connectivity index (χ1v) is 11.6. The molecule has 11 heteroatoms. The van der Waals surface area contributed by atoms with E-state index in [-0.39, 0.29) is 22.7 Å². The van der Waals surface area contributed by atoms with E-state index in [9.17, 15) is 23.1 Å². The maximum Gasteiger partial charge on any atom is 0.433 e. The molecule has 4 aromatic rings. The van der Waals surface area contributed by atoms with E-state index in [1.165, 1.54) is 7.11 Å². The average molecular weight is 512 g/mol. The second-order valence-electron chi connectivity index (χ2n) is 8.78. The molecule has 0 bridgehead atoms. The van der Waals surface area contributed by atoms with Crippen molar-refractivity contribution >= 4 is 11.6 Å². The lowest BCUT2D eigenvalue weighted by atomic mass is 10.1. The van der Waals surface area contributed by atoms with E-state index in [4.69, 9.17) is 4.74 Å². The molecule has 0 atom stereocenters. The minimum atomic E-state index is -4.70. The SMILES string of the molecule is COc1ccc(-c2cc(C(F)(F)F)n3ncc(C(=O)N4CCN(Cc5cccc(O)c5)CC4)c3n2)cc1. The van der Waals surface area contributed by atoms with Crippen LogP contribution in [-0.2, 0) is 12.7 Å². The molecule has 0 radical (unpaired) electrons. The van der Waals surface area contributed by atoms with E-state index in [0.29, 0.717) is 48.6 Å². The summed E-state index contributed by atoms with van der Waals surface area (Å²) in [7, 11) is 1.50. The molecular formula is C26H24F3N5O3. The van der Waals surface area contributed by atoms with Crippen molar-refractivity contribution in [1.29, 1.82) is 0 Å². The molecule has 5 rings (SSSR count). The molecule has 192 valence electrons. The van der Waals surface area contributed by atoms with Gasteiger partial charge in [0.1, 0.15) is 17.1 Å². The number of amides is 1. The van der Waals surface area contributed by atoms with Gasteiger partial charge in [0.15, 0.2) is 11.3 Å². The first-order valence-electron chi connectivity index (χ1n) is 11.6. The van der Waals surface area contributed by atoms with E-state index in [0.717, 1.165) is 17.8 Å². The summed E-state index contributed by atoms with van der Waals surface area (Å²) in [5.41, 5.74) is 0.340. The molecule has 0 spiro atoms. The largest absolute Gasteiger partial charge is 0.508 e. The fourth-order valence-corrected chi connectivity index (χ4v) is 4.42. The fraction of sp³-hybridized carbons (Fsp3) is 0.269. The van der Waals surface area contributed by atoms with Gasteiger partial charge < -0.3 is 14.7 Å². The van der Waals surface area contributed by atoms with Crippen molar-refractivity contribution in [3.63, 3.8) is 0 Å². The lowest BCUT2D eigenvalue weighted by molar-refractivity contribution is -0.142. The van der Waals surface area contributed by atoms with Gasteiger partial charge in [0.2, 0.25) is 0 Å². The van der Waals surface area contributed by atoms with Gasteiger partial charge in [-0.15, -0.1) is 0 Å². The van der Waals surface area contributed by atoms with Crippen molar-refractivity contribution in [3.8, 4) is 22.8 Å². The number of alkyl halides is 3. The number of methoxy groups -OCH3 is 1. The molecule has 8 nitrogen and oxygen atoms in total. The van der Waals surface area contributed by atoms with Crippen LogP contribution in [-0.4, -0.2) is 68.7 Å². The van der Waals surface area contributed by atoms with E-state index in [1.54, 1.807) is 47.4 Å². The Hall–Kier alpha value is -4.12. The molecule has 1 saturated heterocycles. The Balaban J connectivity index is 1.41. The van der Waals surface area contributed by atoms with Crippen LogP contribution in [0.1, 0.15) is 21.6 Å². The molecule has 1 fully saturated rings. The first-order chi connectivity index (χ1) is 17.7. The highest BCUT2D eigenvalue weighted by Crippen LogP contribution is 2.33. The number of carbonyl (C=O) groups is 1. The number of hydrogen-bond donors (Lipinski definition) is 1. The van der Waals surface area contributed by atoms with Crippen LogP contribution in [0.5, 0.6) is 11.5 Å². The van der Waals surface area contributed by atoms with Crippen LogP contribution < -0.4 is 4.74 Å². The molecule has 0 saturated carbocycles. The first kappa shape index (κ1) is 24.6. The second-order valence-corrected chi connectivity index (χ2v) is 8.78. The van der Waals surface area contributed by atoms with E-state index >= 15 is 0 Å². The summed E-state index contributed by atoms with van der Waals surface area (Å²) in [4.78, 5) is 21.5. The number of ether oxygens (including phenoxy) is 1. The van der Waals surface area contributed by atoms with Crippen LogP contribution in [0, 0.1) is 0 Å². The van der Waals surface area contributed by atoms with Gasteiger partial charge in [-0.25, -0.2) is 9.50 Å². The molecule has 1 aliphatic heterocycles. The van der Waals surface area contributed by atoms with Crippen molar-refractivity contribution in [2.24, 2.45) is 0 Å². The molecule has 2 aromatic carbocycles. The van der Waals surface area contributed by atoms with Gasteiger partial charge >= 0.3 is 6.18 Å². The van der Waals surface area contributed by atoms with Crippen LogP contribution in [0.4, 0.5) is 13.2 Å². The molecular weight excluding hydrogens is 487 g/mol. The van der Waals surface area contributed by atoms with Crippen molar-refractivity contribution in [2.45, 2.75) is 12.7 Å². The zero-order valence-electron chi connectivity index (χ0n) is 19.9. The summed E-state index contributed by atoms with van der Waals surface area (Å²) in [5.74, 6) is 0.336. The number of phenols is 1. The zero-order valence-corrected chi connectivity index (χ0v) is 19.9. The molecule has 0 aliphatic carbocycles. The van der Waals surface area contributed by atoms with Crippen LogP contribution >= 0.6 is 0 Å². The number of hydrogen-bond acceptors (Lipinski definition) is 6. The molecule has 37 heavy (non-hydrogen) atoms. The summed E-state index contributed by atoms with van der Waals surface area (Å²) in [6.07, 6.45) is -3.55. The van der Waals surface area contributed by atoms with Crippen LogP contribution in [0.3, 0.4) is 0 Å². The maximum absolute atomic E-state index is 13.9. The number of rotatable bonds is 5. The predicted octanol–water partition coefficient (Wildman–Crippen LogP) is 4.09. The normalized spacial score (nSPS) is 14.8. The summed E-state index contributed by atoms with van der Waals surface area (Å²) in [6.45, 7) is 2.59. The number of halogens is 3. The lowest BCUT2D eigenvalue weighted by Crippen LogP contribution is -2.48. The Morgan fingerprint density at radius 2 is 1.78 bits per heavy atom. The zero-order chi connectivity index (χ0) is 26.2. The van der Waals surface area contributed by atoms with E-state index in [2.05, 4.69) is 15.0 Å². The highest BCUT2D eigenvalue weighted by atomic mass is 19.4. The summed E-state index contributed by atoms with van der Waals surface area (Å²) >= 11 is 0. The molecule has 2 aromatic heterocycles. The van der Waals surface area contributed by atoms with Crippen LogP contribution in [0.25, 0.3) is 16.9 Å². The number of fused-ring (bicyclic) bond motifs is 1. The van der Waals surface area contributed by atoms with Gasteiger partial charge in [0.25, 0.3) is 5.91 Å². The molecule has 1 N–H and O–H groups in total. The Labute approximate surface area is 210 Å². The number of phenolic OH excluding ortho intramolecular Hbond substituents is 1. The maximum atomic E-state index is 13.9. The minimum Gasteiger partial charge on any atom is -0.508 e. The quantitative estimate of drug-likeness (QED) is 0.435. The standard InChI is InChI=1S/C26H24F3N5O3/c1-37-20-7-5-18(6-8-20)22-14-23(26(27,28)29)34-24(31-22)21(15-30-34)25(36)33-11-9-32(10-12-33)16-17-3-2-4-19(35)13-17/h2-8,13-15,35H,9-12,16H2,1H3. The number of nitrogens with zero attached hydrogens (tertiary/aromatic N) is 5. The Kier molecular flexibility index (Phi) is 6.46. The van der Waals surface area contributed by atoms with Crippen molar-refractivity contribution < 1.29 is 27.8 Å². The Morgan fingerprint density at radius 1 is 1.05 bits per heavy atom. The van der Waals surface area contributed by atoms with E-state index in [1.807, 2.05) is 6.07 Å². The van der Waals surface area contributed by atoms with Gasteiger partial charge in [0.05, 0.1) is 19.0 Å². The van der Waals surface area contributed by atoms with E-state index < -0.39 is 17.8 Å². The van der Waals surface area contributed by atoms with Crippen LogP contribution in [0.2, 0.25) is 0 Å². The minimum absolute atomic E-state index is 0.0160. The molecule has 3 heterocycles. The highest BCUT2D eigenvalue weighted by Gasteiger charge is 2.36. The lowest BCUT2D eigenvalue weighted by Gasteiger charge is -2.34. The van der Waals surface area contributed by atoms with Crippen molar-refractivity contribution in [3.05, 3.63) is 77.6 Å². The highest BCUT2D eigenvalue weighted by molar-refractivity contribution is 6.00. The molecule has 0 unspecified atom stereocenters. The van der Waals surface area contributed by atoms with Gasteiger partial charge in [-0.2, -0.15) is 18.3 Å². The van der Waals surface area contributed by atoms with Gasteiger partial charge in [0, 0.05) is 38.3 Å². The van der Waals surface area contributed by atoms with Gasteiger partial charge in [-0.1, -0.05) is 12.1 Å². The fourth-order valence-electron chi connectivity index (χ4n) is 4.42. The summed E-state index contributed by atoms with van der Waals surface area (Å²) in [5, 5.41) is 13.5. The molecule has 1 amide bonds. The van der Waals surface area contributed by atoms with Gasteiger partial charge in [-0.05, 0) is 48.0 Å². The monoisotopic (exact) mass is 511 g/mol. The smallest absolute Gasteiger partial charge is 0.433 e. The van der Waals surface area contributed by atoms with Gasteiger partial charge in [-0.3, -0.25) is 9.69 Å². The summed E-state index contributed by atoms with van der Waals surface area (Å²) in [6, 6.07) is 14.4. The predicted molar refractivity (Wildman–Crippen MR) is 129 cm³/mol. The number of aromatic hydroxyl groups is 1. The number of benzene rings is 2. The Morgan fingerprint density at radius 3 is 2.43 bits per heavy atom.